The maximum Gasteiger partial charge on any atom is 0.281 e. The van der Waals surface area contributed by atoms with Crippen LogP contribution in [0.3, 0.4) is 0 Å². The monoisotopic (exact) mass is 299 g/mol. The van der Waals surface area contributed by atoms with Crippen molar-refractivity contribution in [3.05, 3.63) is 48.2 Å². The molecule has 2 N–H and O–H groups in total. The summed E-state index contributed by atoms with van der Waals surface area (Å²) in [7, 11) is -2.69. The van der Waals surface area contributed by atoms with Gasteiger partial charge in [-0.1, -0.05) is 6.07 Å². The van der Waals surface area contributed by atoms with Gasteiger partial charge < -0.3 is 5.32 Å². The second-order valence-electron chi connectivity index (χ2n) is 3.81. The van der Waals surface area contributed by atoms with Crippen molar-refractivity contribution in [2.24, 2.45) is 0 Å². The molecule has 0 fully saturated rings. The van der Waals surface area contributed by atoms with Crippen LogP contribution in [0, 0.1) is 11.6 Å². The lowest BCUT2D eigenvalue weighted by atomic mass is 10.3. The summed E-state index contributed by atoms with van der Waals surface area (Å²) in [5.74, 6) is -2.01. The van der Waals surface area contributed by atoms with Crippen LogP contribution in [0.5, 0.6) is 0 Å². The summed E-state index contributed by atoms with van der Waals surface area (Å²) in [6.45, 7) is 0. The Balaban J connectivity index is 2.47. The fraction of sp³-hybridized carbons (Fsp3) is 0.0833. The number of sulfonamides is 1. The van der Waals surface area contributed by atoms with E-state index in [4.69, 9.17) is 0 Å². The maximum absolute atomic E-state index is 13.5. The molecule has 20 heavy (non-hydrogen) atoms. The Kier molecular flexibility index (Phi) is 3.84. The second kappa shape index (κ2) is 5.41. The van der Waals surface area contributed by atoms with E-state index < -0.39 is 27.3 Å². The molecule has 0 unspecified atom stereocenters. The van der Waals surface area contributed by atoms with Gasteiger partial charge in [0.25, 0.3) is 10.0 Å². The summed E-state index contributed by atoms with van der Waals surface area (Å²) < 4.78 is 53.1. The summed E-state index contributed by atoms with van der Waals surface area (Å²) in [6, 6.07) is 6.08. The molecule has 0 aliphatic carbocycles. The van der Waals surface area contributed by atoms with Crippen LogP contribution in [-0.2, 0) is 10.0 Å². The van der Waals surface area contributed by atoms with Crippen molar-refractivity contribution in [3.63, 3.8) is 0 Å². The van der Waals surface area contributed by atoms with Crippen molar-refractivity contribution < 1.29 is 17.2 Å². The Morgan fingerprint density at radius 1 is 1.10 bits per heavy atom. The van der Waals surface area contributed by atoms with E-state index in [1.54, 1.807) is 0 Å². The largest absolute Gasteiger partial charge is 0.386 e. The zero-order chi connectivity index (χ0) is 14.8. The quantitative estimate of drug-likeness (QED) is 0.908. The van der Waals surface area contributed by atoms with E-state index in [-0.39, 0.29) is 10.7 Å². The topological polar surface area (TPSA) is 71.1 Å². The molecule has 0 aliphatic rings. The SMILES string of the molecule is CNc1cccnc1S(=O)(=O)Nc1c(F)cccc1F. The van der Waals surface area contributed by atoms with E-state index in [0.717, 1.165) is 18.2 Å². The van der Waals surface area contributed by atoms with Crippen molar-refractivity contribution in [2.45, 2.75) is 5.03 Å². The molecule has 5 nitrogen and oxygen atoms in total. The molecule has 0 saturated heterocycles. The molecule has 106 valence electrons. The van der Waals surface area contributed by atoms with Crippen molar-refractivity contribution in [1.29, 1.82) is 0 Å². The number of hydrogen-bond donors (Lipinski definition) is 2. The Bertz CT molecular complexity index is 715. The number of benzene rings is 1. The summed E-state index contributed by atoms with van der Waals surface area (Å²) in [6.07, 6.45) is 1.27. The highest BCUT2D eigenvalue weighted by molar-refractivity contribution is 7.92. The second-order valence-corrected chi connectivity index (χ2v) is 5.41. The molecule has 0 aliphatic heterocycles. The maximum atomic E-state index is 13.5. The first kappa shape index (κ1) is 14.2. The number of halogens is 2. The highest BCUT2D eigenvalue weighted by Gasteiger charge is 2.22. The third-order valence-corrected chi connectivity index (χ3v) is 3.80. The molecule has 0 atom stereocenters. The van der Waals surface area contributed by atoms with Crippen LogP contribution >= 0.6 is 0 Å². The van der Waals surface area contributed by atoms with E-state index in [0.29, 0.717) is 0 Å². The fourth-order valence-electron chi connectivity index (χ4n) is 1.57. The van der Waals surface area contributed by atoms with Gasteiger partial charge >= 0.3 is 0 Å². The van der Waals surface area contributed by atoms with E-state index in [2.05, 4.69) is 10.3 Å². The van der Waals surface area contributed by atoms with Crippen molar-refractivity contribution in [2.75, 3.05) is 17.1 Å². The van der Waals surface area contributed by atoms with Gasteiger partial charge in [-0.3, -0.25) is 4.72 Å². The molecule has 8 heteroatoms. The van der Waals surface area contributed by atoms with Crippen molar-refractivity contribution in [1.82, 2.24) is 4.98 Å². The van der Waals surface area contributed by atoms with Crippen LogP contribution in [0.2, 0.25) is 0 Å². The zero-order valence-corrected chi connectivity index (χ0v) is 11.2. The van der Waals surface area contributed by atoms with E-state index in [1.807, 2.05) is 4.72 Å². The van der Waals surface area contributed by atoms with Crippen LogP contribution in [0.1, 0.15) is 0 Å². The smallest absolute Gasteiger partial charge is 0.281 e. The van der Waals surface area contributed by atoms with E-state index in [1.165, 1.54) is 25.4 Å². The normalized spacial score (nSPS) is 11.2. The van der Waals surface area contributed by atoms with Gasteiger partial charge in [-0.2, -0.15) is 8.42 Å². The van der Waals surface area contributed by atoms with Gasteiger partial charge in [0.05, 0.1) is 5.69 Å². The molecule has 0 bridgehead atoms. The average molecular weight is 299 g/mol. The van der Waals surface area contributed by atoms with Gasteiger partial charge in [0.1, 0.15) is 17.3 Å². The van der Waals surface area contributed by atoms with E-state index in [9.17, 15) is 17.2 Å². The number of rotatable bonds is 4. The number of nitrogens with zero attached hydrogens (tertiary/aromatic N) is 1. The minimum atomic E-state index is -4.20. The van der Waals surface area contributed by atoms with Gasteiger partial charge in [0, 0.05) is 13.2 Å². The molecular formula is C12H11F2N3O2S. The van der Waals surface area contributed by atoms with Crippen LogP contribution in [0.4, 0.5) is 20.2 Å². The first-order valence-corrected chi connectivity index (χ1v) is 7.03. The fourth-order valence-corrected chi connectivity index (χ4v) is 2.79. The highest BCUT2D eigenvalue weighted by atomic mass is 32.2. The molecule has 0 amide bonds. The van der Waals surface area contributed by atoms with Gasteiger partial charge in [0.2, 0.25) is 0 Å². The van der Waals surface area contributed by atoms with Crippen LogP contribution in [0.15, 0.2) is 41.6 Å². The lowest BCUT2D eigenvalue weighted by Gasteiger charge is -2.11. The number of anilines is 2. The molecule has 2 aromatic rings. The zero-order valence-electron chi connectivity index (χ0n) is 10.4. The Hall–Kier alpha value is -2.22. The lowest BCUT2D eigenvalue weighted by molar-refractivity contribution is 0.581. The highest BCUT2D eigenvalue weighted by Crippen LogP contribution is 2.24. The molecular weight excluding hydrogens is 288 g/mol. The third kappa shape index (κ3) is 2.69. The van der Waals surface area contributed by atoms with Gasteiger partial charge in [-0.25, -0.2) is 13.8 Å². The lowest BCUT2D eigenvalue weighted by Crippen LogP contribution is -2.18. The number of nitrogens with one attached hydrogen (secondary N) is 2. The molecule has 1 aromatic carbocycles. The molecule has 1 aromatic heterocycles. The number of hydrogen-bond acceptors (Lipinski definition) is 4. The molecule has 0 saturated carbocycles. The molecule has 1 heterocycles. The Labute approximate surface area is 114 Å². The first-order valence-electron chi connectivity index (χ1n) is 5.55. The first-order chi connectivity index (χ1) is 9.45. The van der Waals surface area contributed by atoms with Crippen LogP contribution in [-0.4, -0.2) is 20.4 Å². The van der Waals surface area contributed by atoms with Gasteiger partial charge in [0.15, 0.2) is 5.03 Å². The summed E-state index contributed by atoms with van der Waals surface area (Å²) in [5, 5.41) is 2.31. The van der Waals surface area contributed by atoms with Gasteiger partial charge in [-0.05, 0) is 24.3 Å². The third-order valence-electron chi connectivity index (χ3n) is 2.49. The summed E-state index contributed by atoms with van der Waals surface area (Å²) in [4.78, 5) is 3.72. The van der Waals surface area contributed by atoms with Crippen molar-refractivity contribution in [3.8, 4) is 0 Å². The minimum absolute atomic E-state index is 0.219. The number of pyridine rings is 1. The predicted molar refractivity (Wildman–Crippen MR) is 71.0 cm³/mol. The Morgan fingerprint density at radius 2 is 1.75 bits per heavy atom. The Morgan fingerprint density at radius 3 is 2.35 bits per heavy atom. The van der Waals surface area contributed by atoms with E-state index >= 15 is 0 Å². The molecule has 0 radical (unpaired) electrons. The summed E-state index contributed by atoms with van der Waals surface area (Å²) >= 11 is 0. The molecule has 0 spiro atoms. The van der Waals surface area contributed by atoms with Crippen LogP contribution < -0.4 is 10.0 Å². The average Bonchev–Trinajstić information content (AvgIpc) is 2.43. The molecule has 2 rings (SSSR count). The van der Waals surface area contributed by atoms with Gasteiger partial charge in [-0.15, -0.1) is 0 Å². The minimum Gasteiger partial charge on any atom is -0.386 e. The van der Waals surface area contributed by atoms with Crippen molar-refractivity contribution >= 4 is 21.4 Å². The van der Waals surface area contributed by atoms with Crippen LogP contribution in [0.25, 0.3) is 0 Å². The number of aromatic nitrogens is 1. The number of para-hydroxylation sites is 1. The standard InChI is InChI=1S/C12H11F2N3O2S/c1-15-10-6-3-7-16-12(10)20(18,19)17-11-8(13)4-2-5-9(11)14/h2-7,15,17H,1H3. The summed E-state index contributed by atoms with van der Waals surface area (Å²) in [5.41, 5.74) is -0.517. The predicted octanol–water partition coefficient (Wildman–Crippen LogP) is 2.20.